The molecule has 2 aromatic carbocycles. The van der Waals surface area contributed by atoms with Crippen molar-refractivity contribution < 1.29 is 36.7 Å². The number of quaternary nitrogens is 1. The van der Waals surface area contributed by atoms with Crippen molar-refractivity contribution in [2.75, 3.05) is 46.3 Å². The molecule has 0 saturated heterocycles. The highest BCUT2D eigenvalue weighted by molar-refractivity contribution is 5.67. The summed E-state index contributed by atoms with van der Waals surface area (Å²) in [5.41, 5.74) is 4.50. The lowest BCUT2D eigenvalue weighted by molar-refractivity contribution is -0.920. The number of fused-ring (bicyclic) bond motifs is 1. The lowest BCUT2D eigenvalue weighted by Crippen LogP contribution is -3.14. The normalized spacial score (nSPS) is 17.9. The number of anilines is 1. The Morgan fingerprint density at radius 1 is 1.14 bits per heavy atom. The second kappa shape index (κ2) is 9.17. The van der Waals surface area contributed by atoms with Crippen LogP contribution in [0.15, 0.2) is 36.4 Å². The van der Waals surface area contributed by atoms with Gasteiger partial charge in [-0.05, 0) is 29.8 Å². The Kier molecular flexibility index (Phi) is 7.16. The number of rotatable bonds is 6. The largest absolute Gasteiger partial charge is 1.00 e. The molecule has 2 aromatic rings. The van der Waals surface area contributed by atoms with Crippen LogP contribution in [0.4, 0.5) is 5.69 Å². The molecule has 1 heterocycles. The minimum atomic E-state index is -0.788. The van der Waals surface area contributed by atoms with Gasteiger partial charge in [-0.2, -0.15) is 0 Å². The first-order valence-corrected chi connectivity index (χ1v) is 9.03. The molecule has 2 atom stereocenters. The number of carbonyl (C=O) groups is 1. The Bertz CT molecular complexity index is 824. The molecule has 0 spiro atoms. The lowest BCUT2D eigenvalue weighted by Gasteiger charge is -2.34. The molecule has 0 bridgehead atoms. The van der Waals surface area contributed by atoms with Gasteiger partial charge in [0.15, 0.2) is 18.0 Å². The molecule has 0 fully saturated rings. The van der Waals surface area contributed by atoms with Crippen LogP contribution in [0.1, 0.15) is 22.7 Å². The van der Waals surface area contributed by atoms with Gasteiger partial charge in [0, 0.05) is 37.3 Å². The zero-order valence-electron chi connectivity index (χ0n) is 16.7. The first-order chi connectivity index (χ1) is 12.9. The number of aliphatic carboxylic acids is 1. The van der Waals surface area contributed by atoms with Crippen molar-refractivity contribution in [3.05, 3.63) is 53.1 Å². The maximum atomic E-state index is 11.5. The molecule has 7 heteroatoms. The number of carboxylic acids is 1. The monoisotopic (exact) mass is 406 g/mol. The third-order valence-corrected chi connectivity index (χ3v) is 5.20. The quantitative estimate of drug-likeness (QED) is 0.604. The zero-order chi connectivity index (χ0) is 19.6. The predicted octanol–water partition coefficient (Wildman–Crippen LogP) is -1.61. The summed E-state index contributed by atoms with van der Waals surface area (Å²) in [6.45, 7) is 0.836. The molecule has 3 rings (SSSR count). The number of nitrogens with zero attached hydrogens (tertiary/aromatic N) is 1. The highest BCUT2D eigenvalue weighted by Gasteiger charge is 2.35. The zero-order valence-corrected chi connectivity index (χ0v) is 17.4. The van der Waals surface area contributed by atoms with Gasteiger partial charge in [0.05, 0.1) is 20.8 Å². The maximum Gasteiger partial charge on any atom is 0.359 e. The number of carboxylic acid groups (broad SMARTS) is 1. The summed E-state index contributed by atoms with van der Waals surface area (Å²) in [5, 5.41) is 9.41. The van der Waals surface area contributed by atoms with Crippen molar-refractivity contribution >= 4 is 11.7 Å². The van der Waals surface area contributed by atoms with Crippen molar-refractivity contribution in [3.8, 4) is 11.5 Å². The molecule has 2 unspecified atom stereocenters. The Hall–Kier alpha value is -2.44. The number of hydrogen-bond donors (Lipinski definition) is 2. The molecule has 1 aliphatic rings. The topological polar surface area (TPSA) is 63.4 Å². The molecule has 0 radical (unpaired) electrons. The fourth-order valence-corrected chi connectivity index (χ4v) is 3.85. The first kappa shape index (κ1) is 21.9. The Balaban J connectivity index is 0.00000280. The van der Waals surface area contributed by atoms with Crippen LogP contribution in [0.5, 0.6) is 11.5 Å². The van der Waals surface area contributed by atoms with Crippen molar-refractivity contribution in [3.63, 3.8) is 0 Å². The molecule has 0 saturated carbocycles. The van der Waals surface area contributed by atoms with Crippen molar-refractivity contribution in [1.82, 2.24) is 0 Å². The molecule has 2 N–H and O–H groups in total. The molecule has 28 heavy (non-hydrogen) atoms. The Morgan fingerprint density at radius 3 is 2.29 bits per heavy atom. The minimum absolute atomic E-state index is 0. The summed E-state index contributed by atoms with van der Waals surface area (Å²) in [5.74, 6) is 0.589. The van der Waals surface area contributed by atoms with E-state index in [1.54, 1.807) is 14.2 Å². The van der Waals surface area contributed by atoms with Crippen LogP contribution in [0.25, 0.3) is 0 Å². The molecular formula is C21H27ClN2O4. The van der Waals surface area contributed by atoms with Gasteiger partial charge in [-0.3, -0.25) is 0 Å². The summed E-state index contributed by atoms with van der Waals surface area (Å²) in [6, 6.07) is 12.3. The van der Waals surface area contributed by atoms with Gasteiger partial charge in [-0.1, -0.05) is 12.1 Å². The van der Waals surface area contributed by atoms with Gasteiger partial charge < -0.3 is 36.8 Å². The van der Waals surface area contributed by atoms with Crippen LogP contribution < -0.4 is 31.7 Å². The first-order valence-electron chi connectivity index (χ1n) is 9.03. The average molecular weight is 407 g/mol. The van der Waals surface area contributed by atoms with Gasteiger partial charge in [-0.15, -0.1) is 0 Å². The molecule has 1 aliphatic heterocycles. The summed E-state index contributed by atoms with van der Waals surface area (Å²) < 4.78 is 10.9. The van der Waals surface area contributed by atoms with E-state index in [4.69, 9.17) is 9.47 Å². The standard InChI is InChI=1S/C21H26N2O4.ClH/c1-22(2)16-7-5-14(6-8-16)21-17-12-19(27-4)18(26-3)11-15(17)9-10-23(21)13-20(24)25;/h5-8,11-12,21H,9-10,13H2,1-4H3,(H,24,25);1H. The third kappa shape index (κ3) is 4.34. The molecule has 0 aliphatic carbocycles. The maximum absolute atomic E-state index is 11.5. The van der Waals surface area contributed by atoms with Gasteiger partial charge >= 0.3 is 5.97 Å². The van der Waals surface area contributed by atoms with E-state index in [1.807, 2.05) is 31.1 Å². The van der Waals surface area contributed by atoms with Crippen LogP contribution >= 0.6 is 0 Å². The number of methoxy groups -OCH3 is 2. The van der Waals surface area contributed by atoms with Gasteiger partial charge in [0.2, 0.25) is 0 Å². The number of benzene rings is 2. The molecular weight excluding hydrogens is 380 g/mol. The predicted molar refractivity (Wildman–Crippen MR) is 104 cm³/mol. The summed E-state index contributed by atoms with van der Waals surface area (Å²) in [4.78, 5) is 14.5. The van der Waals surface area contributed by atoms with E-state index in [1.165, 1.54) is 5.56 Å². The van der Waals surface area contributed by atoms with Crippen LogP contribution in [0.2, 0.25) is 0 Å². The van der Waals surface area contributed by atoms with Gasteiger partial charge in [0.25, 0.3) is 0 Å². The Morgan fingerprint density at radius 2 is 1.75 bits per heavy atom. The Labute approximate surface area is 172 Å². The van der Waals surface area contributed by atoms with Gasteiger partial charge in [-0.25, -0.2) is 4.79 Å². The molecule has 152 valence electrons. The van der Waals surface area contributed by atoms with Crippen molar-refractivity contribution in [1.29, 1.82) is 0 Å². The van der Waals surface area contributed by atoms with E-state index in [2.05, 4.69) is 24.3 Å². The molecule has 0 amide bonds. The lowest BCUT2D eigenvalue weighted by atomic mass is 9.87. The number of hydrogen-bond acceptors (Lipinski definition) is 4. The van der Waals surface area contributed by atoms with Crippen LogP contribution in [-0.4, -0.2) is 52.5 Å². The van der Waals surface area contributed by atoms with Crippen molar-refractivity contribution in [2.45, 2.75) is 12.5 Å². The fraction of sp³-hybridized carbons (Fsp3) is 0.381. The summed E-state index contributed by atoms with van der Waals surface area (Å²) >= 11 is 0. The van der Waals surface area contributed by atoms with E-state index < -0.39 is 5.97 Å². The second-order valence-corrected chi connectivity index (χ2v) is 7.05. The second-order valence-electron chi connectivity index (χ2n) is 7.05. The minimum Gasteiger partial charge on any atom is -1.00 e. The van der Waals surface area contributed by atoms with E-state index >= 15 is 0 Å². The van der Waals surface area contributed by atoms with E-state index in [-0.39, 0.29) is 25.0 Å². The highest BCUT2D eigenvalue weighted by Crippen LogP contribution is 2.36. The molecule has 6 nitrogen and oxygen atoms in total. The fourth-order valence-electron chi connectivity index (χ4n) is 3.85. The summed E-state index contributed by atoms with van der Waals surface area (Å²) in [6.07, 6.45) is 0.810. The average Bonchev–Trinajstić information content (AvgIpc) is 2.66. The van der Waals surface area contributed by atoms with Crippen LogP contribution in [-0.2, 0) is 11.2 Å². The summed E-state index contributed by atoms with van der Waals surface area (Å²) in [7, 11) is 7.26. The SMILES string of the molecule is COc1cc2c(cc1OC)C(c1ccc(N(C)C)cc1)[NH+](CC(=O)O)CC2.[Cl-]. The number of ether oxygens (including phenoxy) is 2. The number of nitrogens with one attached hydrogen (secondary N) is 1. The third-order valence-electron chi connectivity index (χ3n) is 5.20. The van der Waals surface area contributed by atoms with Crippen molar-refractivity contribution in [2.24, 2.45) is 0 Å². The number of halogens is 1. The van der Waals surface area contributed by atoms with Crippen LogP contribution in [0.3, 0.4) is 0 Å². The smallest absolute Gasteiger partial charge is 0.359 e. The van der Waals surface area contributed by atoms with Gasteiger partial charge in [0.1, 0.15) is 6.04 Å². The van der Waals surface area contributed by atoms with E-state index in [0.29, 0.717) is 11.5 Å². The van der Waals surface area contributed by atoms with E-state index in [0.717, 1.165) is 34.7 Å². The molecule has 0 aromatic heterocycles. The van der Waals surface area contributed by atoms with E-state index in [9.17, 15) is 9.90 Å². The highest BCUT2D eigenvalue weighted by atomic mass is 35.5. The van der Waals surface area contributed by atoms with Crippen LogP contribution in [0, 0.1) is 0 Å².